The number of nitrogens with zero attached hydrogens (tertiary/aromatic N) is 5. The van der Waals surface area contributed by atoms with Crippen LogP contribution in [0.5, 0.6) is 0 Å². The van der Waals surface area contributed by atoms with E-state index in [0.29, 0.717) is 17.0 Å². The highest BCUT2D eigenvalue weighted by molar-refractivity contribution is 5.89. The number of aromatic nitrogens is 5. The van der Waals surface area contributed by atoms with Crippen molar-refractivity contribution in [1.82, 2.24) is 24.4 Å². The number of methoxy groups -OCH3 is 1. The number of rotatable bonds is 2. The average molecular weight is 271 g/mol. The molecule has 3 aromatic heterocycles. The van der Waals surface area contributed by atoms with E-state index >= 15 is 0 Å². The second-order valence-corrected chi connectivity index (χ2v) is 4.46. The molecule has 3 heterocycles. The first-order chi connectivity index (χ1) is 9.60. The molecule has 0 aliphatic rings. The van der Waals surface area contributed by atoms with Crippen molar-refractivity contribution in [1.29, 1.82) is 0 Å². The van der Waals surface area contributed by atoms with Gasteiger partial charge in [-0.3, -0.25) is 9.08 Å². The Balaban J connectivity index is 2.21. The summed E-state index contributed by atoms with van der Waals surface area (Å²) in [5.74, 6) is 0.238. The maximum atomic E-state index is 11.6. The molecule has 0 radical (unpaired) electrons. The van der Waals surface area contributed by atoms with Gasteiger partial charge in [-0.2, -0.15) is 5.10 Å². The number of hydrogen-bond donors (Lipinski definition) is 0. The molecule has 0 atom stereocenters. The zero-order valence-electron chi connectivity index (χ0n) is 11.4. The van der Waals surface area contributed by atoms with E-state index in [1.54, 1.807) is 27.4 Å². The van der Waals surface area contributed by atoms with Gasteiger partial charge in [0.15, 0.2) is 11.5 Å². The molecule has 102 valence electrons. The second kappa shape index (κ2) is 4.44. The van der Waals surface area contributed by atoms with Crippen LogP contribution in [-0.4, -0.2) is 37.5 Å². The fourth-order valence-electron chi connectivity index (χ4n) is 2.12. The SMILES string of the molecule is COC(=O)c1ccc2nnc(-c3cc(C)nn3C)n2c1. The first kappa shape index (κ1) is 12.3. The molecule has 0 unspecified atom stereocenters. The maximum absolute atomic E-state index is 11.6. The number of esters is 1. The van der Waals surface area contributed by atoms with Crippen LogP contribution in [0.2, 0.25) is 0 Å². The van der Waals surface area contributed by atoms with Crippen LogP contribution in [0, 0.1) is 6.92 Å². The first-order valence-corrected chi connectivity index (χ1v) is 6.04. The quantitative estimate of drug-likeness (QED) is 0.655. The van der Waals surface area contributed by atoms with Gasteiger partial charge in [-0.05, 0) is 25.1 Å². The Kier molecular flexibility index (Phi) is 2.74. The number of fused-ring (bicyclic) bond motifs is 1. The Morgan fingerprint density at radius 1 is 1.30 bits per heavy atom. The first-order valence-electron chi connectivity index (χ1n) is 6.04. The Labute approximate surface area is 114 Å². The molecule has 20 heavy (non-hydrogen) atoms. The van der Waals surface area contributed by atoms with Gasteiger partial charge in [0, 0.05) is 13.2 Å². The highest BCUT2D eigenvalue weighted by Crippen LogP contribution is 2.19. The number of carbonyl (C=O) groups is 1. The molecule has 7 heteroatoms. The van der Waals surface area contributed by atoms with Crippen molar-refractivity contribution in [3.63, 3.8) is 0 Å². The zero-order chi connectivity index (χ0) is 14.3. The van der Waals surface area contributed by atoms with E-state index in [0.717, 1.165) is 11.4 Å². The summed E-state index contributed by atoms with van der Waals surface area (Å²) in [4.78, 5) is 11.6. The van der Waals surface area contributed by atoms with Gasteiger partial charge in [0.05, 0.1) is 18.4 Å². The lowest BCUT2D eigenvalue weighted by Crippen LogP contribution is -2.04. The van der Waals surface area contributed by atoms with Gasteiger partial charge >= 0.3 is 5.97 Å². The number of hydrogen-bond acceptors (Lipinski definition) is 5. The summed E-state index contributed by atoms with van der Waals surface area (Å²) < 4.78 is 8.21. The monoisotopic (exact) mass is 271 g/mol. The van der Waals surface area contributed by atoms with E-state index in [1.807, 2.05) is 20.0 Å². The predicted molar refractivity (Wildman–Crippen MR) is 71.3 cm³/mol. The summed E-state index contributed by atoms with van der Waals surface area (Å²) >= 11 is 0. The molecule has 0 amide bonds. The second-order valence-electron chi connectivity index (χ2n) is 4.46. The summed E-state index contributed by atoms with van der Waals surface area (Å²) in [5.41, 5.74) is 2.83. The number of ether oxygens (including phenoxy) is 1. The molecular weight excluding hydrogens is 258 g/mol. The molecule has 0 N–H and O–H groups in total. The minimum absolute atomic E-state index is 0.396. The Hall–Kier alpha value is -2.70. The van der Waals surface area contributed by atoms with Crippen molar-refractivity contribution in [3.05, 3.63) is 35.7 Å². The van der Waals surface area contributed by atoms with Crippen LogP contribution in [0.4, 0.5) is 0 Å². The van der Waals surface area contributed by atoms with Crippen LogP contribution in [0.1, 0.15) is 16.1 Å². The fourth-order valence-corrected chi connectivity index (χ4v) is 2.12. The van der Waals surface area contributed by atoms with E-state index in [-0.39, 0.29) is 0 Å². The Bertz CT molecular complexity index is 802. The van der Waals surface area contributed by atoms with Crippen molar-refractivity contribution in [2.24, 2.45) is 7.05 Å². The van der Waals surface area contributed by atoms with Crippen molar-refractivity contribution >= 4 is 11.6 Å². The third kappa shape index (κ3) is 1.83. The van der Waals surface area contributed by atoms with Crippen molar-refractivity contribution in [3.8, 4) is 11.5 Å². The molecule has 7 nitrogen and oxygen atoms in total. The van der Waals surface area contributed by atoms with Crippen molar-refractivity contribution < 1.29 is 9.53 Å². The Morgan fingerprint density at radius 3 is 2.75 bits per heavy atom. The molecule has 0 aliphatic carbocycles. The molecule has 0 saturated carbocycles. The van der Waals surface area contributed by atoms with Crippen LogP contribution in [0.25, 0.3) is 17.2 Å². The van der Waals surface area contributed by atoms with Crippen molar-refractivity contribution in [2.75, 3.05) is 7.11 Å². The summed E-state index contributed by atoms with van der Waals surface area (Å²) in [7, 11) is 3.19. The van der Waals surface area contributed by atoms with Gasteiger partial charge in [0.1, 0.15) is 5.69 Å². The minimum Gasteiger partial charge on any atom is -0.465 e. The normalized spacial score (nSPS) is 10.9. The Morgan fingerprint density at radius 2 is 2.10 bits per heavy atom. The fraction of sp³-hybridized carbons (Fsp3) is 0.231. The summed E-state index contributed by atoms with van der Waals surface area (Å²) in [5, 5.41) is 12.5. The highest BCUT2D eigenvalue weighted by Gasteiger charge is 2.14. The molecule has 0 bridgehead atoms. The van der Waals surface area contributed by atoms with Gasteiger partial charge in [-0.1, -0.05) is 0 Å². The third-order valence-corrected chi connectivity index (χ3v) is 3.05. The van der Waals surface area contributed by atoms with Gasteiger partial charge in [-0.25, -0.2) is 4.79 Å². The minimum atomic E-state index is -0.396. The largest absolute Gasteiger partial charge is 0.465 e. The van der Waals surface area contributed by atoms with Crippen LogP contribution in [0.3, 0.4) is 0 Å². The summed E-state index contributed by atoms with van der Waals surface area (Å²) in [6.07, 6.45) is 1.67. The number of carbonyl (C=O) groups excluding carboxylic acids is 1. The van der Waals surface area contributed by atoms with Crippen LogP contribution >= 0.6 is 0 Å². The third-order valence-electron chi connectivity index (χ3n) is 3.05. The van der Waals surface area contributed by atoms with E-state index < -0.39 is 5.97 Å². The molecule has 0 aromatic carbocycles. The van der Waals surface area contributed by atoms with Crippen molar-refractivity contribution in [2.45, 2.75) is 6.92 Å². The summed E-state index contributed by atoms with van der Waals surface area (Å²) in [6.45, 7) is 1.91. The summed E-state index contributed by atoms with van der Waals surface area (Å²) in [6, 6.07) is 5.31. The van der Waals surface area contributed by atoms with Crippen LogP contribution < -0.4 is 0 Å². The zero-order valence-corrected chi connectivity index (χ0v) is 11.4. The number of aryl methyl sites for hydroxylation is 2. The lowest BCUT2D eigenvalue weighted by atomic mass is 10.3. The molecule has 0 spiro atoms. The average Bonchev–Trinajstić information content (AvgIpc) is 2.99. The van der Waals surface area contributed by atoms with Crippen LogP contribution in [-0.2, 0) is 11.8 Å². The van der Waals surface area contributed by atoms with Gasteiger partial charge < -0.3 is 4.74 Å². The highest BCUT2D eigenvalue weighted by atomic mass is 16.5. The van der Waals surface area contributed by atoms with E-state index in [2.05, 4.69) is 15.3 Å². The van der Waals surface area contributed by atoms with Gasteiger partial charge in [-0.15, -0.1) is 10.2 Å². The molecular formula is C13H13N5O2. The molecule has 3 aromatic rings. The lowest BCUT2D eigenvalue weighted by Gasteiger charge is -2.03. The number of pyridine rings is 1. The molecule has 0 aliphatic heterocycles. The molecule has 3 rings (SSSR count). The van der Waals surface area contributed by atoms with E-state index in [4.69, 9.17) is 4.74 Å². The smallest absolute Gasteiger partial charge is 0.339 e. The molecule has 0 fully saturated rings. The standard InChI is InChI=1S/C13H13N5O2/c1-8-6-10(17(2)16-8)12-15-14-11-5-4-9(7-18(11)12)13(19)20-3/h4-7H,1-3H3. The predicted octanol–water partition coefficient (Wildman–Crippen LogP) is 1.22. The van der Waals surface area contributed by atoms with Gasteiger partial charge in [0.2, 0.25) is 0 Å². The van der Waals surface area contributed by atoms with E-state index in [1.165, 1.54) is 7.11 Å². The topological polar surface area (TPSA) is 74.3 Å². The lowest BCUT2D eigenvalue weighted by molar-refractivity contribution is 0.0600. The van der Waals surface area contributed by atoms with Gasteiger partial charge in [0.25, 0.3) is 0 Å². The maximum Gasteiger partial charge on any atom is 0.339 e. The van der Waals surface area contributed by atoms with Crippen LogP contribution in [0.15, 0.2) is 24.4 Å². The van der Waals surface area contributed by atoms with E-state index in [9.17, 15) is 4.79 Å². The molecule has 0 saturated heterocycles.